The van der Waals surface area contributed by atoms with Crippen LogP contribution < -0.4 is 15.1 Å². The molecule has 1 aliphatic heterocycles. The van der Waals surface area contributed by atoms with Crippen LogP contribution in [0.4, 0.5) is 5.69 Å². The van der Waals surface area contributed by atoms with Crippen molar-refractivity contribution >= 4 is 11.6 Å². The average molecular weight is 332 g/mol. The first-order valence-electron chi connectivity index (χ1n) is 9.29. The molecule has 3 N–H and O–H groups in total. The summed E-state index contributed by atoms with van der Waals surface area (Å²) in [5, 5.41) is 12.6. The molecule has 132 valence electrons. The van der Waals surface area contributed by atoms with E-state index in [2.05, 4.69) is 17.1 Å². The van der Waals surface area contributed by atoms with Crippen LogP contribution in [0, 0.1) is 5.92 Å². The van der Waals surface area contributed by atoms with Crippen molar-refractivity contribution in [3.05, 3.63) is 24.3 Å². The molecule has 0 aromatic heterocycles. The van der Waals surface area contributed by atoms with Gasteiger partial charge in [0.2, 0.25) is 0 Å². The Kier molecular flexibility index (Phi) is 5.61. The summed E-state index contributed by atoms with van der Waals surface area (Å²) in [4.78, 5) is 16.0. The number of carbonyl (C=O) groups is 1. The van der Waals surface area contributed by atoms with E-state index in [0.29, 0.717) is 24.3 Å². The molecule has 1 heterocycles. The van der Waals surface area contributed by atoms with Gasteiger partial charge in [-0.05, 0) is 43.0 Å². The van der Waals surface area contributed by atoms with Crippen molar-refractivity contribution in [2.45, 2.75) is 38.6 Å². The molecule has 0 bridgehead atoms. The SMILES string of the molecule is C[C@H]1CCCC[C@H]1NC(=O)C[NH+]1CCN(c2ccc(O)cc2)CC1. The van der Waals surface area contributed by atoms with E-state index in [1.807, 2.05) is 12.1 Å². The Bertz CT molecular complexity index is 538. The molecule has 0 unspecified atom stereocenters. The highest BCUT2D eigenvalue weighted by atomic mass is 16.3. The molecule has 1 saturated carbocycles. The van der Waals surface area contributed by atoms with E-state index in [1.165, 1.54) is 24.2 Å². The lowest BCUT2D eigenvalue weighted by atomic mass is 9.86. The van der Waals surface area contributed by atoms with Gasteiger partial charge in [0.05, 0.1) is 26.2 Å². The first-order valence-corrected chi connectivity index (χ1v) is 9.29. The van der Waals surface area contributed by atoms with E-state index < -0.39 is 0 Å². The van der Waals surface area contributed by atoms with Gasteiger partial charge >= 0.3 is 0 Å². The summed E-state index contributed by atoms with van der Waals surface area (Å²) >= 11 is 0. The first kappa shape index (κ1) is 17.1. The molecule has 1 aromatic carbocycles. The number of hydrogen-bond donors (Lipinski definition) is 3. The third-order valence-electron chi connectivity index (χ3n) is 5.55. The van der Waals surface area contributed by atoms with Crippen LogP contribution in [0.2, 0.25) is 0 Å². The summed E-state index contributed by atoms with van der Waals surface area (Å²) < 4.78 is 0. The highest BCUT2D eigenvalue weighted by Gasteiger charge is 2.26. The summed E-state index contributed by atoms with van der Waals surface area (Å²) in [6.45, 7) is 6.71. The zero-order valence-corrected chi connectivity index (χ0v) is 14.6. The number of benzene rings is 1. The molecule has 2 aliphatic rings. The number of anilines is 1. The van der Waals surface area contributed by atoms with Gasteiger partial charge in [0.1, 0.15) is 5.75 Å². The molecule has 0 spiro atoms. The zero-order chi connectivity index (χ0) is 16.9. The number of piperazine rings is 1. The van der Waals surface area contributed by atoms with Gasteiger partial charge in [0.15, 0.2) is 6.54 Å². The zero-order valence-electron chi connectivity index (χ0n) is 14.6. The Morgan fingerprint density at radius 3 is 2.54 bits per heavy atom. The summed E-state index contributed by atoms with van der Waals surface area (Å²) in [5.74, 6) is 1.13. The number of hydrogen-bond acceptors (Lipinski definition) is 3. The van der Waals surface area contributed by atoms with Gasteiger partial charge in [0, 0.05) is 11.7 Å². The molecule has 1 aliphatic carbocycles. The maximum Gasteiger partial charge on any atom is 0.275 e. The van der Waals surface area contributed by atoms with Crippen molar-refractivity contribution in [1.82, 2.24) is 5.32 Å². The predicted molar refractivity (Wildman–Crippen MR) is 95.4 cm³/mol. The van der Waals surface area contributed by atoms with E-state index in [-0.39, 0.29) is 5.91 Å². The van der Waals surface area contributed by atoms with Gasteiger partial charge < -0.3 is 20.2 Å². The summed E-state index contributed by atoms with van der Waals surface area (Å²) in [6.07, 6.45) is 4.92. The lowest BCUT2D eigenvalue weighted by Crippen LogP contribution is -3.16. The van der Waals surface area contributed by atoms with Crippen molar-refractivity contribution in [3.8, 4) is 5.75 Å². The Morgan fingerprint density at radius 1 is 1.21 bits per heavy atom. The third-order valence-corrected chi connectivity index (χ3v) is 5.55. The Hall–Kier alpha value is -1.75. The number of nitrogens with zero attached hydrogens (tertiary/aromatic N) is 1. The van der Waals surface area contributed by atoms with Crippen molar-refractivity contribution in [1.29, 1.82) is 0 Å². The van der Waals surface area contributed by atoms with Gasteiger partial charge in [-0.15, -0.1) is 0 Å². The molecule has 1 saturated heterocycles. The summed E-state index contributed by atoms with van der Waals surface area (Å²) in [7, 11) is 0. The van der Waals surface area contributed by atoms with Gasteiger partial charge in [-0.1, -0.05) is 19.8 Å². The van der Waals surface area contributed by atoms with Crippen LogP contribution in [-0.2, 0) is 4.79 Å². The van der Waals surface area contributed by atoms with E-state index in [0.717, 1.165) is 38.3 Å². The third kappa shape index (κ3) is 4.41. The molecule has 2 atom stereocenters. The Balaban J connectivity index is 1.43. The molecule has 1 aromatic rings. The molecule has 5 nitrogen and oxygen atoms in total. The molecular formula is C19H30N3O2+. The van der Waals surface area contributed by atoms with E-state index in [4.69, 9.17) is 0 Å². The van der Waals surface area contributed by atoms with Crippen LogP contribution in [0.5, 0.6) is 5.75 Å². The summed E-state index contributed by atoms with van der Waals surface area (Å²) in [5.41, 5.74) is 1.15. The lowest BCUT2D eigenvalue weighted by molar-refractivity contribution is -0.892. The van der Waals surface area contributed by atoms with E-state index in [1.54, 1.807) is 12.1 Å². The van der Waals surface area contributed by atoms with Gasteiger partial charge in [0.25, 0.3) is 5.91 Å². The predicted octanol–water partition coefficient (Wildman–Crippen LogP) is 0.792. The molecule has 24 heavy (non-hydrogen) atoms. The molecule has 3 rings (SSSR count). The first-order chi connectivity index (χ1) is 11.6. The normalized spacial score (nSPS) is 25.5. The number of amides is 1. The fraction of sp³-hybridized carbons (Fsp3) is 0.632. The molecule has 2 fully saturated rings. The van der Waals surface area contributed by atoms with Crippen molar-refractivity contribution in [2.75, 3.05) is 37.6 Å². The highest BCUT2D eigenvalue weighted by Crippen LogP contribution is 2.23. The maximum absolute atomic E-state index is 12.3. The Labute approximate surface area is 144 Å². The molecule has 0 radical (unpaired) electrons. The molecular weight excluding hydrogens is 302 g/mol. The van der Waals surface area contributed by atoms with Crippen molar-refractivity contribution in [3.63, 3.8) is 0 Å². The fourth-order valence-corrected chi connectivity index (χ4v) is 3.94. The second-order valence-electron chi connectivity index (χ2n) is 7.37. The van der Waals surface area contributed by atoms with Gasteiger partial charge in [-0.3, -0.25) is 4.79 Å². The number of rotatable bonds is 4. The second-order valence-corrected chi connectivity index (χ2v) is 7.37. The average Bonchev–Trinajstić information content (AvgIpc) is 2.58. The number of aromatic hydroxyl groups is 1. The van der Waals surface area contributed by atoms with Crippen LogP contribution in [0.1, 0.15) is 32.6 Å². The second kappa shape index (κ2) is 7.88. The van der Waals surface area contributed by atoms with Crippen LogP contribution in [0.15, 0.2) is 24.3 Å². The van der Waals surface area contributed by atoms with E-state index in [9.17, 15) is 9.90 Å². The number of phenols is 1. The van der Waals surface area contributed by atoms with Gasteiger partial charge in [-0.25, -0.2) is 0 Å². The number of nitrogens with one attached hydrogen (secondary N) is 2. The topological polar surface area (TPSA) is 57.0 Å². The summed E-state index contributed by atoms with van der Waals surface area (Å²) in [6, 6.07) is 7.75. The minimum atomic E-state index is 0.210. The standard InChI is InChI=1S/C19H29N3O2/c1-15-4-2-3-5-18(15)20-19(24)14-21-10-12-22(13-11-21)16-6-8-17(23)9-7-16/h6-9,15,18,23H,2-5,10-14H2,1H3,(H,20,24)/p+1/t15-,18+/m0/s1. The minimum absolute atomic E-state index is 0.210. The van der Waals surface area contributed by atoms with Crippen molar-refractivity contribution in [2.24, 2.45) is 5.92 Å². The van der Waals surface area contributed by atoms with Crippen LogP contribution in [0.25, 0.3) is 0 Å². The fourth-order valence-electron chi connectivity index (χ4n) is 3.94. The van der Waals surface area contributed by atoms with Crippen LogP contribution in [-0.4, -0.2) is 49.8 Å². The number of quaternary nitrogens is 1. The van der Waals surface area contributed by atoms with Crippen molar-refractivity contribution < 1.29 is 14.8 Å². The molecule has 5 heteroatoms. The largest absolute Gasteiger partial charge is 0.508 e. The molecule has 1 amide bonds. The van der Waals surface area contributed by atoms with Crippen LogP contribution in [0.3, 0.4) is 0 Å². The van der Waals surface area contributed by atoms with Crippen LogP contribution >= 0.6 is 0 Å². The van der Waals surface area contributed by atoms with Gasteiger partial charge in [-0.2, -0.15) is 0 Å². The van der Waals surface area contributed by atoms with E-state index >= 15 is 0 Å². The smallest absolute Gasteiger partial charge is 0.275 e. The number of carbonyl (C=O) groups excluding carboxylic acids is 1. The highest BCUT2D eigenvalue weighted by molar-refractivity contribution is 5.77. The quantitative estimate of drug-likeness (QED) is 0.764. The Morgan fingerprint density at radius 2 is 1.88 bits per heavy atom. The monoisotopic (exact) mass is 332 g/mol. The number of phenolic OH excluding ortho intramolecular Hbond substituents is 1. The minimum Gasteiger partial charge on any atom is -0.508 e. The maximum atomic E-state index is 12.3. The lowest BCUT2D eigenvalue weighted by Gasteiger charge is -2.34.